The van der Waals surface area contributed by atoms with Gasteiger partial charge in [-0.2, -0.15) is 5.10 Å². The quantitative estimate of drug-likeness (QED) is 0.832. The predicted octanol–water partition coefficient (Wildman–Crippen LogP) is 1.29. The normalized spacial score (nSPS) is 18.9. The topological polar surface area (TPSA) is 48.1 Å². The number of rotatable bonds is 5. The number of hydrogen-bond donors (Lipinski definition) is 0. The van der Waals surface area contributed by atoms with E-state index in [9.17, 15) is 0 Å². The Hall–Kier alpha value is -1.66. The van der Waals surface area contributed by atoms with Crippen molar-refractivity contribution in [2.24, 2.45) is 14.1 Å². The van der Waals surface area contributed by atoms with Crippen molar-refractivity contribution in [2.75, 3.05) is 19.8 Å². The van der Waals surface area contributed by atoms with Crippen LogP contribution in [0.4, 0.5) is 0 Å². The Kier molecular flexibility index (Phi) is 4.07. The number of nitrogens with zero attached hydrogens (tertiary/aromatic N) is 5. The third-order valence-corrected chi connectivity index (χ3v) is 3.99. The summed E-state index contributed by atoms with van der Waals surface area (Å²) in [4.78, 5) is 6.98. The van der Waals surface area contributed by atoms with E-state index in [1.807, 2.05) is 31.2 Å². The fourth-order valence-corrected chi connectivity index (χ4v) is 3.13. The van der Waals surface area contributed by atoms with E-state index in [-0.39, 0.29) is 0 Å². The van der Waals surface area contributed by atoms with E-state index in [1.54, 1.807) is 0 Å². The Balaban J connectivity index is 1.76. The number of fused-ring (bicyclic) bond motifs is 1. The highest BCUT2D eigenvalue weighted by molar-refractivity contribution is 5.22. The summed E-state index contributed by atoms with van der Waals surface area (Å²) in [5.74, 6) is 0.387. The average molecular weight is 289 g/mol. The molecule has 0 unspecified atom stereocenters. The van der Waals surface area contributed by atoms with E-state index in [4.69, 9.17) is 4.74 Å². The lowest BCUT2D eigenvalue weighted by molar-refractivity contribution is 0.102. The van der Waals surface area contributed by atoms with Crippen molar-refractivity contribution in [1.82, 2.24) is 24.2 Å². The Bertz CT molecular complexity index is 603. The predicted molar refractivity (Wildman–Crippen MR) is 79.8 cm³/mol. The summed E-state index contributed by atoms with van der Waals surface area (Å²) in [6.07, 6.45) is 5.92. The van der Waals surface area contributed by atoms with E-state index in [1.165, 1.54) is 17.0 Å². The van der Waals surface area contributed by atoms with Gasteiger partial charge in [0, 0.05) is 63.7 Å². The van der Waals surface area contributed by atoms with Crippen LogP contribution in [0.25, 0.3) is 0 Å². The average Bonchev–Trinajstić information content (AvgIpc) is 3.03. The molecule has 0 aromatic carbocycles. The third-order valence-electron chi connectivity index (χ3n) is 3.99. The van der Waals surface area contributed by atoms with Gasteiger partial charge in [-0.3, -0.25) is 9.58 Å². The van der Waals surface area contributed by atoms with Gasteiger partial charge in [0.2, 0.25) is 0 Å². The molecule has 0 saturated carbocycles. The number of hydrogen-bond acceptors (Lipinski definition) is 4. The highest BCUT2D eigenvalue weighted by Crippen LogP contribution is 2.28. The van der Waals surface area contributed by atoms with Crippen molar-refractivity contribution < 1.29 is 4.74 Å². The molecule has 1 aliphatic rings. The monoisotopic (exact) mass is 289 g/mol. The molecule has 6 nitrogen and oxygen atoms in total. The summed E-state index contributed by atoms with van der Waals surface area (Å²) in [6, 6.07) is 0. The molecule has 0 spiro atoms. The molecular formula is C15H23N5O. The molecule has 6 heteroatoms. The maximum atomic E-state index is 5.67. The first-order valence-electron chi connectivity index (χ1n) is 7.45. The van der Waals surface area contributed by atoms with Gasteiger partial charge in [0.1, 0.15) is 0 Å². The first-order valence-corrected chi connectivity index (χ1v) is 7.45. The van der Waals surface area contributed by atoms with E-state index in [0.717, 1.165) is 32.8 Å². The Morgan fingerprint density at radius 3 is 2.95 bits per heavy atom. The summed E-state index contributed by atoms with van der Waals surface area (Å²) in [7, 11) is 4.02. The zero-order valence-electron chi connectivity index (χ0n) is 13.0. The summed E-state index contributed by atoms with van der Waals surface area (Å²) < 4.78 is 9.66. The summed E-state index contributed by atoms with van der Waals surface area (Å²) >= 11 is 0. The van der Waals surface area contributed by atoms with Crippen LogP contribution in [0, 0.1) is 0 Å². The van der Waals surface area contributed by atoms with Gasteiger partial charge in [0.25, 0.3) is 0 Å². The fourth-order valence-electron chi connectivity index (χ4n) is 3.13. The lowest BCUT2D eigenvalue weighted by Crippen LogP contribution is -2.35. The highest BCUT2D eigenvalue weighted by atomic mass is 16.5. The molecule has 0 radical (unpaired) electrons. The molecule has 0 N–H and O–H groups in total. The van der Waals surface area contributed by atoms with Crippen LogP contribution in [0.1, 0.15) is 29.8 Å². The molecule has 1 atom stereocenters. The van der Waals surface area contributed by atoms with Crippen LogP contribution in [0.2, 0.25) is 0 Å². The molecule has 2 aromatic rings. The van der Waals surface area contributed by atoms with Gasteiger partial charge >= 0.3 is 0 Å². The highest BCUT2D eigenvalue weighted by Gasteiger charge is 2.29. The number of aryl methyl sites for hydroxylation is 2. The minimum absolute atomic E-state index is 0.387. The van der Waals surface area contributed by atoms with Crippen molar-refractivity contribution >= 4 is 0 Å². The molecule has 0 bridgehead atoms. The van der Waals surface area contributed by atoms with Gasteiger partial charge < -0.3 is 9.30 Å². The van der Waals surface area contributed by atoms with E-state index >= 15 is 0 Å². The lowest BCUT2D eigenvalue weighted by atomic mass is 9.98. The first kappa shape index (κ1) is 14.3. The Morgan fingerprint density at radius 1 is 1.38 bits per heavy atom. The molecule has 3 rings (SSSR count). The van der Waals surface area contributed by atoms with Crippen molar-refractivity contribution in [2.45, 2.75) is 25.9 Å². The van der Waals surface area contributed by atoms with Gasteiger partial charge in [-0.25, -0.2) is 4.98 Å². The second kappa shape index (κ2) is 5.99. The zero-order valence-corrected chi connectivity index (χ0v) is 13.0. The minimum Gasteiger partial charge on any atom is -0.381 e. The lowest BCUT2D eigenvalue weighted by Gasteiger charge is -2.32. The van der Waals surface area contributed by atoms with Crippen LogP contribution in [0.15, 0.2) is 18.7 Å². The van der Waals surface area contributed by atoms with Crippen LogP contribution in [0.5, 0.6) is 0 Å². The molecule has 21 heavy (non-hydrogen) atoms. The van der Waals surface area contributed by atoms with Crippen molar-refractivity contribution in [3.05, 3.63) is 35.7 Å². The molecule has 1 aliphatic heterocycles. The molecular weight excluding hydrogens is 266 g/mol. The largest absolute Gasteiger partial charge is 0.381 e. The van der Waals surface area contributed by atoms with Gasteiger partial charge in [-0.05, 0) is 6.92 Å². The van der Waals surface area contributed by atoms with Crippen molar-refractivity contribution in [3.63, 3.8) is 0 Å². The van der Waals surface area contributed by atoms with Gasteiger partial charge in [-0.1, -0.05) is 0 Å². The van der Waals surface area contributed by atoms with E-state index < -0.39 is 0 Å². The summed E-state index contributed by atoms with van der Waals surface area (Å²) in [6.45, 7) is 6.36. The number of aromatic nitrogens is 4. The van der Waals surface area contributed by atoms with Crippen LogP contribution in [-0.2, 0) is 31.9 Å². The SMILES string of the molecule is CCOC[C@@H]1CN(Cc2cnn(C)c2)Cc2ncn(C)c21. The molecule has 0 aliphatic carbocycles. The van der Waals surface area contributed by atoms with Crippen molar-refractivity contribution in [1.29, 1.82) is 0 Å². The second-order valence-corrected chi connectivity index (χ2v) is 5.74. The van der Waals surface area contributed by atoms with Gasteiger partial charge in [0.15, 0.2) is 0 Å². The molecule has 2 aromatic heterocycles. The smallest absolute Gasteiger partial charge is 0.0949 e. The number of imidazole rings is 1. The second-order valence-electron chi connectivity index (χ2n) is 5.74. The first-order chi connectivity index (χ1) is 10.2. The standard InChI is InChI=1S/C15H23N5O/c1-4-21-10-13-8-20(7-12-5-17-19(3)6-12)9-14-15(13)18(2)11-16-14/h5-6,11,13H,4,7-10H2,1-3H3/t13-/m0/s1. The summed E-state index contributed by atoms with van der Waals surface area (Å²) in [5, 5.41) is 4.24. The molecule has 0 saturated heterocycles. The van der Waals surface area contributed by atoms with E-state index in [2.05, 4.69) is 32.8 Å². The van der Waals surface area contributed by atoms with Crippen LogP contribution in [-0.4, -0.2) is 44.0 Å². The maximum Gasteiger partial charge on any atom is 0.0949 e. The molecule has 114 valence electrons. The fraction of sp³-hybridized carbons (Fsp3) is 0.600. The maximum absolute atomic E-state index is 5.67. The minimum atomic E-state index is 0.387. The van der Waals surface area contributed by atoms with Crippen molar-refractivity contribution in [3.8, 4) is 0 Å². The third kappa shape index (κ3) is 3.01. The Labute approximate surface area is 125 Å². The Morgan fingerprint density at radius 2 is 2.24 bits per heavy atom. The molecule has 0 fully saturated rings. The molecule has 0 amide bonds. The molecule has 3 heterocycles. The van der Waals surface area contributed by atoms with E-state index in [0.29, 0.717) is 5.92 Å². The van der Waals surface area contributed by atoms with Crippen LogP contribution in [0.3, 0.4) is 0 Å². The van der Waals surface area contributed by atoms with Crippen LogP contribution < -0.4 is 0 Å². The van der Waals surface area contributed by atoms with Gasteiger partial charge in [0.05, 0.1) is 24.8 Å². The summed E-state index contributed by atoms with van der Waals surface area (Å²) in [5.41, 5.74) is 3.75. The van der Waals surface area contributed by atoms with Gasteiger partial charge in [-0.15, -0.1) is 0 Å². The van der Waals surface area contributed by atoms with Crippen LogP contribution >= 0.6 is 0 Å². The number of ether oxygens (including phenoxy) is 1. The zero-order chi connectivity index (χ0) is 14.8.